The molecule has 0 bridgehead atoms. The summed E-state index contributed by atoms with van der Waals surface area (Å²) in [6, 6.07) is 5.07. The maximum atomic E-state index is 11.1. The van der Waals surface area contributed by atoms with Crippen LogP contribution in [0, 0.1) is 15.5 Å². The molecule has 0 spiro atoms. The second kappa shape index (κ2) is 5.07. The Labute approximate surface area is 113 Å². The number of nitro groups is 1. The third-order valence-electron chi connectivity index (χ3n) is 3.99. The van der Waals surface area contributed by atoms with Crippen LogP contribution in [0.2, 0.25) is 0 Å². The number of nitrogens with one attached hydrogen (secondary N) is 1. The highest BCUT2D eigenvalue weighted by atomic mass is 16.6. The van der Waals surface area contributed by atoms with Gasteiger partial charge in [-0.3, -0.25) is 10.1 Å². The molecule has 5 heteroatoms. The highest BCUT2D eigenvalue weighted by Crippen LogP contribution is 2.40. The van der Waals surface area contributed by atoms with Crippen molar-refractivity contribution in [2.75, 3.05) is 12.4 Å². The van der Waals surface area contributed by atoms with Crippen molar-refractivity contribution in [1.29, 1.82) is 0 Å². The molecule has 2 rings (SSSR count). The topological polar surface area (TPSA) is 64.4 Å². The third kappa shape index (κ3) is 2.80. The summed E-state index contributed by atoms with van der Waals surface area (Å²) >= 11 is 0. The zero-order valence-electron chi connectivity index (χ0n) is 11.6. The number of methoxy groups -OCH3 is 1. The minimum atomic E-state index is -0.357. The van der Waals surface area contributed by atoms with Crippen molar-refractivity contribution in [2.24, 2.45) is 5.41 Å². The van der Waals surface area contributed by atoms with E-state index < -0.39 is 0 Å². The zero-order valence-corrected chi connectivity index (χ0v) is 11.6. The number of hydrogen-bond acceptors (Lipinski definition) is 4. The van der Waals surface area contributed by atoms with Crippen LogP contribution < -0.4 is 10.1 Å². The first-order valence-electron chi connectivity index (χ1n) is 6.53. The van der Waals surface area contributed by atoms with Crippen molar-refractivity contribution in [3.05, 3.63) is 28.3 Å². The smallest absolute Gasteiger partial charge is 0.292 e. The number of nitro benzene ring substituents is 1. The number of ether oxygens (including phenoxy) is 1. The molecule has 5 nitrogen and oxygen atoms in total. The van der Waals surface area contributed by atoms with E-state index in [4.69, 9.17) is 4.74 Å². The van der Waals surface area contributed by atoms with E-state index in [1.54, 1.807) is 19.2 Å². The Balaban J connectivity index is 2.29. The van der Waals surface area contributed by atoms with Gasteiger partial charge in [0.25, 0.3) is 5.69 Å². The van der Waals surface area contributed by atoms with Gasteiger partial charge in [-0.05, 0) is 24.3 Å². The molecule has 1 N–H and O–H groups in total. The van der Waals surface area contributed by atoms with Gasteiger partial charge < -0.3 is 10.1 Å². The van der Waals surface area contributed by atoms with Crippen molar-refractivity contribution < 1.29 is 9.66 Å². The van der Waals surface area contributed by atoms with E-state index >= 15 is 0 Å². The molecule has 1 aliphatic rings. The van der Waals surface area contributed by atoms with E-state index in [1.165, 1.54) is 6.07 Å². The Morgan fingerprint density at radius 2 is 2.21 bits per heavy atom. The predicted molar refractivity (Wildman–Crippen MR) is 74.7 cm³/mol. The summed E-state index contributed by atoms with van der Waals surface area (Å²) in [5.41, 5.74) is 0.810. The van der Waals surface area contributed by atoms with Crippen LogP contribution in [0.3, 0.4) is 0 Å². The van der Waals surface area contributed by atoms with Crippen LogP contribution in [-0.4, -0.2) is 18.1 Å². The second-order valence-corrected chi connectivity index (χ2v) is 5.72. The largest absolute Gasteiger partial charge is 0.497 e. The fourth-order valence-corrected chi connectivity index (χ4v) is 2.70. The van der Waals surface area contributed by atoms with Gasteiger partial charge >= 0.3 is 0 Å². The minimum Gasteiger partial charge on any atom is -0.497 e. The third-order valence-corrected chi connectivity index (χ3v) is 3.99. The Kier molecular flexibility index (Phi) is 3.64. The van der Waals surface area contributed by atoms with Crippen molar-refractivity contribution in [1.82, 2.24) is 0 Å². The van der Waals surface area contributed by atoms with Gasteiger partial charge in [-0.2, -0.15) is 0 Å². The van der Waals surface area contributed by atoms with Crippen LogP contribution in [0.1, 0.15) is 33.1 Å². The number of rotatable bonds is 4. The van der Waals surface area contributed by atoms with E-state index in [2.05, 4.69) is 19.2 Å². The summed E-state index contributed by atoms with van der Waals surface area (Å²) in [5, 5.41) is 14.4. The lowest BCUT2D eigenvalue weighted by molar-refractivity contribution is -0.384. The van der Waals surface area contributed by atoms with Gasteiger partial charge in [-0.25, -0.2) is 0 Å². The van der Waals surface area contributed by atoms with Crippen LogP contribution in [0.4, 0.5) is 11.4 Å². The van der Waals surface area contributed by atoms with Gasteiger partial charge in [0.05, 0.1) is 12.0 Å². The summed E-state index contributed by atoms with van der Waals surface area (Å²) in [6.07, 6.45) is 3.34. The summed E-state index contributed by atoms with van der Waals surface area (Å²) in [4.78, 5) is 10.7. The first-order valence-corrected chi connectivity index (χ1v) is 6.53. The fraction of sp³-hybridized carbons (Fsp3) is 0.571. The molecular weight excluding hydrogens is 244 g/mol. The number of hydrogen-bond donors (Lipinski definition) is 1. The molecule has 0 radical (unpaired) electrons. The average molecular weight is 264 g/mol. The molecule has 1 atom stereocenters. The lowest BCUT2D eigenvalue weighted by Gasteiger charge is -2.28. The van der Waals surface area contributed by atoms with Gasteiger partial charge in [0.1, 0.15) is 11.4 Å². The highest BCUT2D eigenvalue weighted by molar-refractivity contribution is 5.64. The van der Waals surface area contributed by atoms with Crippen LogP contribution in [0.5, 0.6) is 5.75 Å². The molecule has 1 saturated carbocycles. The summed E-state index contributed by atoms with van der Waals surface area (Å²) in [7, 11) is 1.56. The van der Waals surface area contributed by atoms with E-state index in [0.717, 1.165) is 19.3 Å². The highest BCUT2D eigenvalue weighted by Gasteiger charge is 2.35. The normalized spacial score (nSPS) is 21.1. The molecule has 1 fully saturated rings. The molecule has 1 aromatic rings. The summed E-state index contributed by atoms with van der Waals surface area (Å²) in [5.74, 6) is 0.629. The Morgan fingerprint density at radius 1 is 1.47 bits per heavy atom. The summed E-state index contributed by atoms with van der Waals surface area (Å²) in [6.45, 7) is 4.40. The molecule has 1 unspecified atom stereocenters. The minimum absolute atomic E-state index is 0.100. The fourth-order valence-electron chi connectivity index (χ4n) is 2.70. The first-order chi connectivity index (χ1) is 8.94. The van der Waals surface area contributed by atoms with E-state index in [1.807, 2.05) is 0 Å². The summed E-state index contributed by atoms with van der Waals surface area (Å²) < 4.78 is 5.14. The average Bonchev–Trinajstić information content (AvgIpc) is 2.68. The molecule has 1 aromatic carbocycles. The zero-order chi connectivity index (χ0) is 14.0. The van der Waals surface area contributed by atoms with Crippen LogP contribution in [0.15, 0.2) is 18.2 Å². The van der Waals surface area contributed by atoms with Gasteiger partial charge in [-0.15, -0.1) is 0 Å². The molecule has 0 aromatic heterocycles. The lowest BCUT2D eigenvalue weighted by atomic mass is 9.87. The van der Waals surface area contributed by atoms with Crippen LogP contribution in [0.25, 0.3) is 0 Å². The van der Waals surface area contributed by atoms with E-state index in [-0.39, 0.29) is 22.1 Å². The van der Waals surface area contributed by atoms with E-state index in [9.17, 15) is 10.1 Å². The lowest BCUT2D eigenvalue weighted by Crippen LogP contribution is -2.31. The van der Waals surface area contributed by atoms with Gasteiger partial charge in [-0.1, -0.05) is 20.3 Å². The Hall–Kier alpha value is -1.78. The molecular formula is C14H20N2O3. The monoisotopic (exact) mass is 264 g/mol. The maximum Gasteiger partial charge on any atom is 0.292 e. The molecule has 0 saturated heterocycles. The maximum absolute atomic E-state index is 11.1. The molecule has 1 aliphatic carbocycles. The quantitative estimate of drug-likeness (QED) is 0.666. The Morgan fingerprint density at radius 3 is 2.74 bits per heavy atom. The van der Waals surface area contributed by atoms with Crippen molar-refractivity contribution in [3.8, 4) is 5.75 Å². The van der Waals surface area contributed by atoms with Crippen LogP contribution >= 0.6 is 0 Å². The predicted octanol–water partition coefficient (Wildman–Crippen LogP) is 3.59. The molecule has 104 valence electrons. The number of anilines is 1. The van der Waals surface area contributed by atoms with Gasteiger partial charge in [0.2, 0.25) is 0 Å². The molecule has 0 amide bonds. The van der Waals surface area contributed by atoms with Crippen LogP contribution in [-0.2, 0) is 0 Å². The molecule has 19 heavy (non-hydrogen) atoms. The van der Waals surface area contributed by atoms with Gasteiger partial charge in [0, 0.05) is 18.2 Å². The SMILES string of the molecule is COc1ccc([N+](=O)[O-])c(NC2CCCC2(C)C)c1. The second-order valence-electron chi connectivity index (χ2n) is 5.72. The first kappa shape index (κ1) is 13.6. The number of nitrogens with zero attached hydrogens (tertiary/aromatic N) is 1. The standard InChI is InChI=1S/C14H20N2O3/c1-14(2)8-4-5-13(14)15-11-9-10(19-3)6-7-12(11)16(17)18/h6-7,9,13,15H,4-5,8H2,1-3H3. The van der Waals surface area contributed by atoms with Crippen molar-refractivity contribution >= 4 is 11.4 Å². The number of benzene rings is 1. The van der Waals surface area contributed by atoms with Crippen molar-refractivity contribution in [2.45, 2.75) is 39.2 Å². The van der Waals surface area contributed by atoms with E-state index in [0.29, 0.717) is 11.4 Å². The molecule has 0 heterocycles. The van der Waals surface area contributed by atoms with Crippen molar-refractivity contribution in [3.63, 3.8) is 0 Å². The Bertz CT molecular complexity index is 486. The van der Waals surface area contributed by atoms with Gasteiger partial charge in [0.15, 0.2) is 0 Å². The molecule has 0 aliphatic heterocycles.